The van der Waals surface area contributed by atoms with Crippen molar-refractivity contribution in [3.63, 3.8) is 0 Å². The molecule has 0 spiro atoms. The number of fused-ring (bicyclic) bond motifs is 1. The molecule has 1 saturated heterocycles. The van der Waals surface area contributed by atoms with E-state index in [9.17, 15) is 4.79 Å². The van der Waals surface area contributed by atoms with Crippen LogP contribution in [0.25, 0.3) is 0 Å². The molecule has 0 bridgehead atoms. The lowest BCUT2D eigenvalue weighted by atomic mass is 10.1. The second-order valence-corrected chi connectivity index (χ2v) is 7.11. The average molecular weight is 340 g/mol. The number of rotatable bonds is 4. The second kappa shape index (κ2) is 6.64. The van der Waals surface area contributed by atoms with Crippen LogP contribution in [0.1, 0.15) is 51.3 Å². The van der Waals surface area contributed by atoms with Gasteiger partial charge in [-0.05, 0) is 62.8 Å². The Bertz CT molecular complexity index is 777. The number of ether oxygens (including phenoxy) is 1. The first-order valence-electron chi connectivity index (χ1n) is 9.06. The number of carbonyl (C=O) groups is 1. The third-order valence-electron chi connectivity index (χ3n) is 5.42. The van der Waals surface area contributed by atoms with Crippen molar-refractivity contribution in [3.8, 4) is 0 Å². The second-order valence-electron chi connectivity index (χ2n) is 7.11. The summed E-state index contributed by atoms with van der Waals surface area (Å²) in [6.07, 6.45) is 4.39. The molecule has 0 radical (unpaired) electrons. The summed E-state index contributed by atoms with van der Waals surface area (Å²) in [5.41, 5.74) is 5.45. The van der Waals surface area contributed by atoms with Crippen molar-refractivity contribution in [2.24, 2.45) is 0 Å². The summed E-state index contributed by atoms with van der Waals surface area (Å²) in [5.74, 6) is 0.930. The van der Waals surface area contributed by atoms with Gasteiger partial charge in [-0.25, -0.2) is 0 Å². The molecule has 25 heavy (non-hydrogen) atoms. The first-order valence-corrected chi connectivity index (χ1v) is 9.06. The molecule has 1 aromatic carbocycles. The van der Waals surface area contributed by atoms with Crippen molar-refractivity contribution >= 4 is 5.91 Å². The van der Waals surface area contributed by atoms with E-state index >= 15 is 0 Å². The fraction of sp³-hybridized carbons (Fsp3) is 0.500. The summed E-state index contributed by atoms with van der Waals surface area (Å²) >= 11 is 0. The van der Waals surface area contributed by atoms with Gasteiger partial charge < -0.3 is 14.2 Å². The van der Waals surface area contributed by atoms with Crippen LogP contribution >= 0.6 is 0 Å². The van der Waals surface area contributed by atoms with Gasteiger partial charge in [-0.3, -0.25) is 4.79 Å². The van der Waals surface area contributed by atoms with E-state index in [0.29, 0.717) is 13.2 Å². The number of benzene rings is 1. The number of hydrogen-bond donors (Lipinski definition) is 0. The van der Waals surface area contributed by atoms with E-state index in [1.165, 1.54) is 17.5 Å². The van der Waals surface area contributed by atoms with Crippen molar-refractivity contribution < 1.29 is 14.1 Å². The summed E-state index contributed by atoms with van der Waals surface area (Å²) in [5, 5.41) is 3.95. The van der Waals surface area contributed by atoms with Crippen LogP contribution < -0.4 is 0 Å². The quantitative estimate of drug-likeness (QED) is 0.857. The lowest BCUT2D eigenvalue weighted by Crippen LogP contribution is -2.30. The predicted octanol–water partition coefficient (Wildman–Crippen LogP) is 3.21. The molecule has 1 aliphatic carbocycles. The Morgan fingerprint density at radius 1 is 1.32 bits per heavy atom. The lowest BCUT2D eigenvalue weighted by molar-refractivity contribution is 0.0430. The fourth-order valence-corrected chi connectivity index (χ4v) is 3.85. The van der Waals surface area contributed by atoms with Crippen molar-refractivity contribution in [1.29, 1.82) is 0 Å². The van der Waals surface area contributed by atoms with Crippen molar-refractivity contribution in [2.45, 2.75) is 52.2 Å². The van der Waals surface area contributed by atoms with Crippen LogP contribution in [0.4, 0.5) is 0 Å². The van der Waals surface area contributed by atoms with E-state index in [1.807, 2.05) is 24.8 Å². The van der Waals surface area contributed by atoms with E-state index in [0.717, 1.165) is 48.4 Å². The Morgan fingerprint density at radius 3 is 2.96 bits per heavy atom. The molecule has 1 amide bonds. The molecule has 4 rings (SSSR count). The van der Waals surface area contributed by atoms with Crippen LogP contribution in [0, 0.1) is 13.8 Å². The highest BCUT2D eigenvalue weighted by Crippen LogP contribution is 2.25. The first kappa shape index (κ1) is 16.3. The maximum Gasteiger partial charge on any atom is 0.253 e. The Morgan fingerprint density at radius 2 is 2.16 bits per heavy atom. The molecule has 132 valence electrons. The maximum absolute atomic E-state index is 12.8. The zero-order valence-corrected chi connectivity index (χ0v) is 14.9. The molecule has 1 atom stereocenters. The Hall–Kier alpha value is -2.14. The van der Waals surface area contributed by atoms with E-state index in [-0.39, 0.29) is 12.0 Å². The van der Waals surface area contributed by atoms with Gasteiger partial charge in [0.15, 0.2) is 0 Å². The van der Waals surface area contributed by atoms with Crippen molar-refractivity contribution in [2.75, 3.05) is 13.1 Å². The maximum atomic E-state index is 12.8. The molecule has 2 aromatic rings. The number of nitrogens with zero attached hydrogens (tertiary/aromatic N) is 2. The zero-order valence-electron chi connectivity index (χ0n) is 14.9. The summed E-state index contributed by atoms with van der Waals surface area (Å²) in [6.45, 7) is 5.72. The van der Waals surface area contributed by atoms with Gasteiger partial charge >= 0.3 is 0 Å². The Kier molecular flexibility index (Phi) is 4.34. The standard InChI is InChI=1S/C20H24N2O3/c1-13-19(14(2)25-21-13)12-24-18-8-9-22(11-18)20(23)17-7-6-15-4-3-5-16(15)10-17/h6-7,10,18H,3-5,8-9,11-12H2,1-2H3. The minimum Gasteiger partial charge on any atom is -0.371 e. The van der Waals surface area contributed by atoms with Gasteiger partial charge in [-0.2, -0.15) is 0 Å². The van der Waals surface area contributed by atoms with Crippen LogP contribution in [0.2, 0.25) is 0 Å². The summed E-state index contributed by atoms with van der Waals surface area (Å²) < 4.78 is 11.2. The van der Waals surface area contributed by atoms with Crippen molar-refractivity contribution in [3.05, 3.63) is 51.9 Å². The zero-order chi connectivity index (χ0) is 17.4. The molecule has 5 heteroatoms. The van der Waals surface area contributed by atoms with Crippen molar-refractivity contribution in [1.82, 2.24) is 10.1 Å². The highest BCUT2D eigenvalue weighted by atomic mass is 16.5. The Labute approximate surface area is 147 Å². The molecule has 0 saturated carbocycles. The molecule has 0 N–H and O–H groups in total. The van der Waals surface area contributed by atoms with Crippen LogP contribution in [0.15, 0.2) is 22.7 Å². The van der Waals surface area contributed by atoms with E-state index < -0.39 is 0 Å². The van der Waals surface area contributed by atoms with E-state index in [2.05, 4.69) is 17.3 Å². The fourth-order valence-electron chi connectivity index (χ4n) is 3.85. The molecule has 1 aromatic heterocycles. The topological polar surface area (TPSA) is 55.6 Å². The normalized spacial score (nSPS) is 19.4. The van der Waals surface area contributed by atoms with Gasteiger partial charge in [0.2, 0.25) is 0 Å². The highest BCUT2D eigenvalue weighted by molar-refractivity contribution is 5.94. The van der Waals surface area contributed by atoms with E-state index in [4.69, 9.17) is 9.26 Å². The number of amides is 1. The SMILES string of the molecule is Cc1noc(C)c1COC1CCN(C(=O)c2ccc3c(c2)CCC3)C1. The van der Waals surface area contributed by atoms with Gasteiger partial charge in [0.05, 0.1) is 18.4 Å². The summed E-state index contributed by atoms with van der Waals surface area (Å²) in [7, 11) is 0. The van der Waals surface area contributed by atoms with Gasteiger partial charge in [-0.15, -0.1) is 0 Å². The van der Waals surface area contributed by atoms with Gasteiger partial charge in [0, 0.05) is 24.2 Å². The summed E-state index contributed by atoms with van der Waals surface area (Å²) in [6, 6.07) is 6.18. The third kappa shape index (κ3) is 3.21. The first-order chi connectivity index (χ1) is 12.1. The van der Waals surface area contributed by atoms with Crippen LogP contribution in [-0.2, 0) is 24.2 Å². The van der Waals surface area contributed by atoms with Gasteiger partial charge in [-0.1, -0.05) is 11.2 Å². The minimum atomic E-state index is 0.0760. The number of aryl methyl sites for hydroxylation is 4. The monoisotopic (exact) mass is 340 g/mol. The lowest BCUT2D eigenvalue weighted by Gasteiger charge is -2.17. The number of carbonyl (C=O) groups excluding carboxylic acids is 1. The molecule has 1 unspecified atom stereocenters. The Balaban J connectivity index is 1.36. The molecule has 1 fully saturated rings. The van der Waals surface area contributed by atoms with Crippen LogP contribution in [-0.4, -0.2) is 35.2 Å². The smallest absolute Gasteiger partial charge is 0.253 e. The number of hydrogen-bond acceptors (Lipinski definition) is 4. The highest BCUT2D eigenvalue weighted by Gasteiger charge is 2.28. The van der Waals surface area contributed by atoms with Crippen LogP contribution in [0.3, 0.4) is 0 Å². The minimum absolute atomic E-state index is 0.0760. The average Bonchev–Trinajstić information content (AvgIpc) is 3.33. The van der Waals surface area contributed by atoms with Gasteiger partial charge in [0.25, 0.3) is 5.91 Å². The number of aromatic nitrogens is 1. The molecule has 2 heterocycles. The van der Waals surface area contributed by atoms with E-state index in [1.54, 1.807) is 0 Å². The number of likely N-dealkylation sites (tertiary alicyclic amines) is 1. The predicted molar refractivity (Wildman–Crippen MR) is 93.5 cm³/mol. The molecule has 5 nitrogen and oxygen atoms in total. The van der Waals surface area contributed by atoms with Gasteiger partial charge in [0.1, 0.15) is 5.76 Å². The molecular formula is C20H24N2O3. The molecule has 1 aliphatic heterocycles. The van der Waals surface area contributed by atoms with Crippen LogP contribution in [0.5, 0.6) is 0 Å². The third-order valence-corrected chi connectivity index (χ3v) is 5.42. The largest absolute Gasteiger partial charge is 0.371 e. The molecule has 2 aliphatic rings. The summed E-state index contributed by atoms with van der Waals surface area (Å²) in [4.78, 5) is 14.7. The molecular weight excluding hydrogens is 316 g/mol.